The lowest BCUT2D eigenvalue weighted by molar-refractivity contribution is 0.0162. The van der Waals surface area contributed by atoms with Crippen LogP contribution in [0.5, 0.6) is 0 Å². The maximum Gasteiger partial charge on any atom is 0.121 e. The second-order valence-electron chi connectivity index (χ2n) is 2.71. The minimum atomic E-state index is -0.102. The number of halogens is 1. The van der Waals surface area contributed by atoms with Crippen LogP contribution in [-0.2, 0) is 4.74 Å². The topological polar surface area (TPSA) is 29.5 Å². The van der Waals surface area contributed by atoms with Crippen LogP contribution in [0.1, 0.15) is 25.7 Å². The molecular weight excluding hydrogens is 152 g/mol. The molecule has 3 heteroatoms. The molecule has 0 radical (unpaired) electrons. The van der Waals surface area contributed by atoms with Crippen LogP contribution < -0.4 is 0 Å². The van der Waals surface area contributed by atoms with Crippen LogP contribution in [-0.4, -0.2) is 23.4 Å². The third-order valence-electron chi connectivity index (χ3n) is 1.94. The van der Waals surface area contributed by atoms with E-state index in [1.54, 1.807) is 0 Å². The Hall–Kier alpha value is 0.210. The van der Waals surface area contributed by atoms with Gasteiger partial charge in [-0.25, -0.2) is 0 Å². The molecule has 0 aliphatic heterocycles. The summed E-state index contributed by atoms with van der Waals surface area (Å²) in [5.41, 5.74) is 0. The summed E-state index contributed by atoms with van der Waals surface area (Å²) >= 11 is 5.39. The van der Waals surface area contributed by atoms with Gasteiger partial charge in [0.05, 0.1) is 12.2 Å². The van der Waals surface area contributed by atoms with Crippen molar-refractivity contribution in [3.05, 3.63) is 0 Å². The lowest BCUT2D eigenvalue weighted by Gasteiger charge is -2.24. The van der Waals surface area contributed by atoms with Gasteiger partial charge in [-0.2, -0.15) is 0 Å². The summed E-state index contributed by atoms with van der Waals surface area (Å²) in [4.78, 5) is 0. The summed E-state index contributed by atoms with van der Waals surface area (Å²) in [6.45, 7) is 0. The summed E-state index contributed by atoms with van der Waals surface area (Å²) < 4.78 is 5.19. The van der Waals surface area contributed by atoms with Gasteiger partial charge in [0.1, 0.15) is 6.07 Å². The third kappa shape index (κ3) is 2.45. The lowest BCUT2D eigenvalue weighted by Crippen LogP contribution is -2.23. The van der Waals surface area contributed by atoms with Gasteiger partial charge in [-0.15, -0.1) is 0 Å². The van der Waals surface area contributed by atoms with Crippen LogP contribution in [0.15, 0.2) is 0 Å². The summed E-state index contributed by atoms with van der Waals surface area (Å²) in [5.74, 6) is 0. The average Bonchev–Trinajstić information content (AvgIpc) is 1.95. The monoisotopic (exact) mass is 164 g/mol. The van der Waals surface area contributed by atoms with Crippen molar-refractivity contribution in [1.82, 2.24) is 0 Å². The minimum absolute atomic E-state index is 0.102. The Morgan fingerprint density at radius 2 is 1.90 bits per heavy atom. The van der Waals surface area contributed by atoms with E-state index in [9.17, 15) is 0 Å². The number of hydrogen-bond donors (Lipinski definition) is 1. The quantitative estimate of drug-likeness (QED) is 0.627. The molecule has 2 nitrogen and oxygen atoms in total. The molecular formula is C7H13ClO2. The zero-order valence-corrected chi connectivity index (χ0v) is 6.68. The molecule has 0 heterocycles. The van der Waals surface area contributed by atoms with Crippen LogP contribution in [0, 0.1) is 0 Å². The summed E-state index contributed by atoms with van der Waals surface area (Å²) in [6.07, 6.45) is 3.82. The predicted octanol–water partition coefficient (Wildman–Crippen LogP) is 1.50. The Bertz CT molecular complexity index is 89.6. The van der Waals surface area contributed by atoms with E-state index in [1.807, 2.05) is 0 Å². The second kappa shape index (κ2) is 4.16. The highest BCUT2D eigenvalue weighted by molar-refractivity contribution is 6.17. The summed E-state index contributed by atoms with van der Waals surface area (Å²) in [5, 5.41) is 9.11. The van der Waals surface area contributed by atoms with Gasteiger partial charge in [0.2, 0.25) is 0 Å². The maximum absolute atomic E-state index is 9.11. The molecule has 1 fully saturated rings. The summed E-state index contributed by atoms with van der Waals surface area (Å²) in [6, 6.07) is 0.279. The molecule has 0 spiro atoms. The average molecular weight is 165 g/mol. The van der Waals surface area contributed by atoms with Crippen LogP contribution in [0.3, 0.4) is 0 Å². The van der Waals surface area contributed by atoms with Gasteiger partial charge < -0.3 is 9.84 Å². The first kappa shape index (κ1) is 8.31. The van der Waals surface area contributed by atoms with Crippen LogP contribution in [0.25, 0.3) is 0 Å². The van der Waals surface area contributed by atoms with Crippen molar-refractivity contribution in [2.24, 2.45) is 0 Å². The molecule has 0 amide bonds. The van der Waals surface area contributed by atoms with E-state index < -0.39 is 0 Å². The van der Waals surface area contributed by atoms with Crippen molar-refractivity contribution >= 4 is 11.6 Å². The molecule has 1 N–H and O–H groups in total. The van der Waals surface area contributed by atoms with E-state index in [2.05, 4.69) is 0 Å². The zero-order valence-electron chi connectivity index (χ0n) is 5.92. The van der Waals surface area contributed by atoms with E-state index >= 15 is 0 Å². The number of rotatable bonds is 2. The van der Waals surface area contributed by atoms with Crippen molar-refractivity contribution in [3.63, 3.8) is 0 Å². The molecule has 1 aliphatic carbocycles. The molecule has 1 rings (SSSR count). The Morgan fingerprint density at radius 1 is 1.30 bits per heavy atom. The van der Waals surface area contributed by atoms with E-state index in [0.717, 1.165) is 25.7 Å². The van der Waals surface area contributed by atoms with Gasteiger partial charge in [-0.3, -0.25) is 0 Å². The lowest BCUT2D eigenvalue weighted by atomic mass is 9.95. The van der Waals surface area contributed by atoms with Gasteiger partial charge in [0, 0.05) is 0 Å². The summed E-state index contributed by atoms with van der Waals surface area (Å²) in [7, 11) is 0. The Labute approximate surface area is 66.1 Å². The second-order valence-corrected chi connectivity index (χ2v) is 2.92. The first-order valence-corrected chi connectivity index (χ1v) is 4.22. The van der Waals surface area contributed by atoms with E-state index in [4.69, 9.17) is 21.4 Å². The molecule has 60 valence electrons. The molecule has 0 saturated heterocycles. The fraction of sp³-hybridized carbons (Fsp3) is 1.00. The van der Waals surface area contributed by atoms with Crippen LogP contribution in [0.2, 0.25) is 0 Å². The number of alkyl halides is 1. The normalized spacial score (nSPS) is 34.2. The molecule has 1 aliphatic rings. The molecule has 10 heavy (non-hydrogen) atoms. The number of aliphatic hydroxyl groups excluding tert-OH is 1. The third-order valence-corrected chi connectivity index (χ3v) is 2.07. The molecule has 0 aromatic rings. The SMILES string of the molecule is OC1CCC(OCCl)CC1. The maximum atomic E-state index is 9.11. The first-order chi connectivity index (χ1) is 4.83. The smallest absolute Gasteiger partial charge is 0.121 e. The van der Waals surface area contributed by atoms with E-state index in [0.29, 0.717) is 6.10 Å². The van der Waals surface area contributed by atoms with Crippen molar-refractivity contribution in [2.45, 2.75) is 37.9 Å². The van der Waals surface area contributed by atoms with Gasteiger partial charge in [0.25, 0.3) is 0 Å². The largest absolute Gasteiger partial charge is 0.393 e. The van der Waals surface area contributed by atoms with Gasteiger partial charge in [-0.05, 0) is 25.7 Å². The molecule has 0 unspecified atom stereocenters. The fourth-order valence-corrected chi connectivity index (χ4v) is 1.48. The van der Waals surface area contributed by atoms with Gasteiger partial charge >= 0.3 is 0 Å². The molecule has 1 saturated carbocycles. The highest BCUT2D eigenvalue weighted by Gasteiger charge is 2.18. The molecule has 0 atom stereocenters. The van der Waals surface area contributed by atoms with Crippen LogP contribution in [0.4, 0.5) is 0 Å². The standard InChI is InChI=1S/C7H13ClO2/c8-5-10-7-3-1-6(9)2-4-7/h6-7,9H,1-5H2. The predicted molar refractivity (Wildman–Crippen MR) is 40.1 cm³/mol. The zero-order chi connectivity index (χ0) is 7.40. The van der Waals surface area contributed by atoms with Crippen LogP contribution >= 0.6 is 11.6 Å². The highest BCUT2D eigenvalue weighted by Crippen LogP contribution is 2.20. The Kier molecular flexibility index (Phi) is 3.46. The highest BCUT2D eigenvalue weighted by atomic mass is 35.5. The first-order valence-electron chi connectivity index (χ1n) is 3.68. The minimum Gasteiger partial charge on any atom is -0.393 e. The molecule has 0 aromatic carbocycles. The molecule has 0 aromatic heterocycles. The van der Waals surface area contributed by atoms with Gasteiger partial charge in [-0.1, -0.05) is 11.6 Å². The Morgan fingerprint density at radius 3 is 2.40 bits per heavy atom. The van der Waals surface area contributed by atoms with Gasteiger partial charge in [0.15, 0.2) is 0 Å². The van der Waals surface area contributed by atoms with E-state index in [1.165, 1.54) is 0 Å². The number of hydrogen-bond acceptors (Lipinski definition) is 2. The van der Waals surface area contributed by atoms with Crippen molar-refractivity contribution in [1.29, 1.82) is 0 Å². The van der Waals surface area contributed by atoms with E-state index in [-0.39, 0.29) is 12.2 Å². The Balaban J connectivity index is 2.13. The van der Waals surface area contributed by atoms with Crippen molar-refractivity contribution < 1.29 is 9.84 Å². The fourth-order valence-electron chi connectivity index (χ4n) is 1.30. The number of ether oxygens (including phenoxy) is 1. The molecule has 0 bridgehead atoms. The van der Waals surface area contributed by atoms with Crippen molar-refractivity contribution in [2.75, 3.05) is 6.07 Å². The number of aliphatic hydroxyl groups is 1. The van der Waals surface area contributed by atoms with Crippen molar-refractivity contribution in [3.8, 4) is 0 Å².